The van der Waals surface area contributed by atoms with Gasteiger partial charge >= 0.3 is 4.83 Å². The Bertz CT molecular complexity index is 131. The zero-order chi connectivity index (χ0) is 8.91. The van der Waals surface area contributed by atoms with Crippen LogP contribution in [-0.2, 0) is 0 Å². The van der Waals surface area contributed by atoms with E-state index in [4.69, 9.17) is 0 Å². The first kappa shape index (κ1) is 11.0. The average Bonchev–Trinajstić information content (AvgIpc) is 1.79. The van der Waals surface area contributed by atoms with Gasteiger partial charge in [0.05, 0.1) is 6.54 Å². The van der Waals surface area contributed by atoms with E-state index in [-0.39, 0.29) is 6.54 Å². The fourth-order valence-electron chi connectivity index (χ4n) is 0.656. The van der Waals surface area contributed by atoms with Crippen molar-refractivity contribution in [2.75, 3.05) is 20.1 Å². The summed E-state index contributed by atoms with van der Waals surface area (Å²) in [7, 11) is 1.65. The van der Waals surface area contributed by atoms with Crippen molar-refractivity contribution in [3.8, 4) is 0 Å². The van der Waals surface area contributed by atoms with E-state index < -0.39 is 4.83 Å². The van der Waals surface area contributed by atoms with E-state index in [0.29, 0.717) is 6.54 Å². The topological polar surface area (TPSA) is 3.24 Å². The summed E-state index contributed by atoms with van der Waals surface area (Å²) in [5.41, 5.74) is 0. The van der Waals surface area contributed by atoms with E-state index in [1.54, 1.807) is 7.05 Å². The minimum Gasteiger partial charge on any atom is -0.296 e. The van der Waals surface area contributed by atoms with Crippen LogP contribution < -0.4 is 0 Å². The number of likely N-dealkylation sites (N-methyl/N-ethyl adjacent to an activating group) is 1. The number of allylic oxidation sites excluding steroid dienone is 1. The highest BCUT2D eigenvalue weighted by Gasteiger charge is 2.25. The lowest BCUT2D eigenvalue weighted by molar-refractivity contribution is 0.0762. The van der Waals surface area contributed by atoms with Gasteiger partial charge in [-0.2, -0.15) is 8.78 Å². The maximum atomic E-state index is 12.3. The first-order valence-electron chi connectivity index (χ1n) is 3.32. The molecule has 66 valence electrons. The first-order valence-corrected chi connectivity index (χ1v) is 4.11. The van der Waals surface area contributed by atoms with Crippen molar-refractivity contribution in [3.63, 3.8) is 0 Å². The van der Waals surface area contributed by atoms with E-state index in [0.717, 1.165) is 0 Å². The lowest BCUT2D eigenvalue weighted by Gasteiger charge is -2.17. The molecule has 0 heterocycles. The Labute approximate surface area is 74.2 Å². The largest absolute Gasteiger partial charge is 0.313 e. The summed E-state index contributed by atoms with van der Waals surface area (Å²) in [4.78, 5) is -1.24. The third kappa shape index (κ3) is 7.94. The van der Waals surface area contributed by atoms with Gasteiger partial charge in [-0.15, -0.1) is 0 Å². The van der Waals surface area contributed by atoms with Crippen molar-refractivity contribution in [1.29, 1.82) is 0 Å². The van der Waals surface area contributed by atoms with Gasteiger partial charge in [0.15, 0.2) is 0 Å². The lowest BCUT2D eigenvalue weighted by Crippen LogP contribution is -2.29. The Morgan fingerprint density at radius 2 is 2.09 bits per heavy atom. The summed E-state index contributed by atoms with van der Waals surface area (Å²) in [6.45, 7) is 2.15. The molecule has 1 nitrogen and oxygen atoms in total. The third-order valence-electron chi connectivity index (χ3n) is 1.10. The second kappa shape index (κ2) is 4.83. The predicted octanol–water partition coefficient (Wildman–Crippen LogP) is 2.48. The van der Waals surface area contributed by atoms with Gasteiger partial charge in [-0.1, -0.05) is 12.2 Å². The fraction of sp³-hybridized carbons (Fsp3) is 0.714. The fourth-order valence-corrected chi connectivity index (χ4v) is 1.08. The molecule has 0 aromatic carbocycles. The van der Waals surface area contributed by atoms with E-state index in [1.807, 2.05) is 19.1 Å². The minimum absolute atomic E-state index is 0.267. The molecule has 0 rings (SSSR count). The molecule has 0 saturated heterocycles. The Balaban J connectivity index is 3.60. The molecule has 4 heteroatoms. The molecule has 0 spiro atoms. The number of alkyl halides is 3. The molecular formula is C7H12BrF2N. The van der Waals surface area contributed by atoms with Crippen molar-refractivity contribution < 1.29 is 8.78 Å². The molecule has 0 atom stereocenters. The molecule has 0 bridgehead atoms. The summed E-state index contributed by atoms with van der Waals surface area (Å²) in [6, 6.07) is 0. The van der Waals surface area contributed by atoms with Crippen molar-refractivity contribution in [1.82, 2.24) is 4.90 Å². The van der Waals surface area contributed by atoms with E-state index >= 15 is 0 Å². The normalized spacial score (nSPS) is 13.3. The molecule has 0 radical (unpaired) electrons. The SMILES string of the molecule is C/C=C/CN(C)CC(F)(F)Br. The van der Waals surface area contributed by atoms with Crippen LogP contribution in [0.15, 0.2) is 12.2 Å². The monoisotopic (exact) mass is 227 g/mol. The number of hydrogen-bond acceptors (Lipinski definition) is 1. The summed E-state index contributed by atoms with van der Waals surface area (Å²) in [5, 5.41) is 0. The van der Waals surface area contributed by atoms with E-state index in [9.17, 15) is 8.78 Å². The van der Waals surface area contributed by atoms with Crippen LogP contribution in [0.1, 0.15) is 6.92 Å². The number of hydrogen-bond donors (Lipinski definition) is 0. The van der Waals surface area contributed by atoms with Crippen LogP contribution in [0.4, 0.5) is 8.78 Å². The van der Waals surface area contributed by atoms with Crippen LogP contribution in [0.5, 0.6) is 0 Å². The van der Waals surface area contributed by atoms with Gasteiger partial charge in [0.2, 0.25) is 0 Å². The second-order valence-electron chi connectivity index (χ2n) is 2.38. The smallest absolute Gasteiger partial charge is 0.296 e. The number of rotatable bonds is 4. The lowest BCUT2D eigenvalue weighted by atomic mass is 10.4. The number of nitrogens with zero attached hydrogens (tertiary/aromatic N) is 1. The molecular weight excluding hydrogens is 216 g/mol. The van der Waals surface area contributed by atoms with Gasteiger partial charge in [0, 0.05) is 6.54 Å². The Kier molecular flexibility index (Phi) is 4.84. The molecule has 0 aliphatic carbocycles. The van der Waals surface area contributed by atoms with Gasteiger partial charge in [0.25, 0.3) is 0 Å². The summed E-state index contributed by atoms with van der Waals surface area (Å²) in [5.74, 6) is 0. The Hall–Kier alpha value is 0.0400. The van der Waals surface area contributed by atoms with Crippen LogP contribution in [0.2, 0.25) is 0 Å². The highest BCUT2D eigenvalue weighted by molar-refractivity contribution is 9.10. The molecule has 0 fully saturated rings. The van der Waals surface area contributed by atoms with Gasteiger partial charge in [-0.05, 0) is 29.9 Å². The second-order valence-corrected chi connectivity index (χ2v) is 3.54. The standard InChI is InChI=1S/C7H12BrF2N/c1-3-4-5-11(2)6-7(8,9)10/h3-4H,5-6H2,1-2H3/b4-3+. The molecule has 0 aliphatic heterocycles. The summed E-state index contributed by atoms with van der Waals surface area (Å²) < 4.78 is 24.5. The maximum Gasteiger partial charge on any atom is 0.313 e. The predicted molar refractivity (Wildman–Crippen MR) is 46.2 cm³/mol. The van der Waals surface area contributed by atoms with E-state index in [2.05, 4.69) is 15.9 Å². The van der Waals surface area contributed by atoms with Crippen LogP contribution >= 0.6 is 15.9 Å². The molecule has 0 saturated carbocycles. The minimum atomic E-state index is -2.77. The zero-order valence-electron chi connectivity index (χ0n) is 6.65. The van der Waals surface area contributed by atoms with Crippen LogP contribution in [0, 0.1) is 0 Å². The van der Waals surface area contributed by atoms with Crippen molar-refractivity contribution in [2.45, 2.75) is 11.8 Å². The van der Waals surface area contributed by atoms with Crippen LogP contribution in [0.25, 0.3) is 0 Å². The molecule has 0 N–H and O–H groups in total. The first-order chi connectivity index (χ1) is 4.95. The van der Waals surface area contributed by atoms with Gasteiger partial charge in [-0.25, -0.2) is 0 Å². The number of halogens is 3. The van der Waals surface area contributed by atoms with Gasteiger partial charge in [-0.3, -0.25) is 4.90 Å². The Morgan fingerprint density at radius 3 is 2.45 bits per heavy atom. The molecule has 0 amide bonds. The van der Waals surface area contributed by atoms with Gasteiger partial charge in [0.1, 0.15) is 0 Å². The zero-order valence-corrected chi connectivity index (χ0v) is 8.24. The molecule has 0 unspecified atom stereocenters. The maximum absolute atomic E-state index is 12.3. The molecule has 0 aromatic rings. The average molecular weight is 228 g/mol. The summed E-state index contributed by atoms with van der Waals surface area (Å²) in [6.07, 6.45) is 3.67. The van der Waals surface area contributed by atoms with E-state index in [1.165, 1.54) is 4.90 Å². The molecule has 0 aliphatic rings. The highest BCUT2D eigenvalue weighted by atomic mass is 79.9. The van der Waals surface area contributed by atoms with Crippen molar-refractivity contribution in [2.24, 2.45) is 0 Å². The summed E-state index contributed by atoms with van der Waals surface area (Å²) >= 11 is 2.27. The van der Waals surface area contributed by atoms with Gasteiger partial charge < -0.3 is 0 Å². The van der Waals surface area contributed by atoms with Crippen molar-refractivity contribution >= 4 is 15.9 Å². The van der Waals surface area contributed by atoms with Crippen LogP contribution in [-0.4, -0.2) is 29.9 Å². The molecule has 0 aromatic heterocycles. The third-order valence-corrected chi connectivity index (χ3v) is 1.35. The van der Waals surface area contributed by atoms with Crippen LogP contribution in [0.3, 0.4) is 0 Å². The molecule has 11 heavy (non-hydrogen) atoms. The van der Waals surface area contributed by atoms with Crippen molar-refractivity contribution in [3.05, 3.63) is 12.2 Å². The highest BCUT2D eigenvalue weighted by Crippen LogP contribution is 2.21. The Morgan fingerprint density at radius 1 is 1.55 bits per heavy atom. The quantitative estimate of drug-likeness (QED) is 0.527.